The highest BCUT2D eigenvalue weighted by molar-refractivity contribution is 5.92. The van der Waals surface area contributed by atoms with Gasteiger partial charge in [0.15, 0.2) is 0 Å². The zero-order chi connectivity index (χ0) is 20.6. The van der Waals surface area contributed by atoms with E-state index in [2.05, 4.69) is 4.98 Å². The van der Waals surface area contributed by atoms with Gasteiger partial charge in [0, 0.05) is 31.2 Å². The number of nitrogens with one attached hydrogen (secondary N) is 1. The number of hydrogen-bond acceptors (Lipinski definition) is 4. The molecule has 3 rings (SSSR count). The molecule has 2 N–H and O–H groups in total. The van der Waals surface area contributed by atoms with Crippen LogP contribution in [0.4, 0.5) is 4.39 Å². The molecule has 2 heterocycles. The van der Waals surface area contributed by atoms with E-state index < -0.39 is 5.91 Å². The number of piperidine rings is 1. The molecule has 0 spiro atoms. The second-order valence-corrected chi connectivity index (χ2v) is 6.77. The minimum Gasteiger partial charge on any atom is -0.339 e. The van der Waals surface area contributed by atoms with Gasteiger partial charge in [0.05, 0.1) is 11.4 Å². The van der Waals surface area contributed by atoms with Crippen molar-refractivity contribution in [1.82, 2.24) is 15.4 Å². The summed E-state index contributed by atoms with van der Waals surface area (Å²) in [7, 11) is 0. The summed E-state index contributed by atoms with van der Waals surface area (Å²) >= 11 is 0. The van der Waals surface area contributed by atoms with E-state index in [-0.39, 0.29) is 30.0 Å². The number of benzene rings is 1. The monoisotopic (exact) mass is 431 g/mol. The van der Waals surface area contributed by atoms with Crippen LogP contribution in [0.15, 0.2) is 54.6 Å². The molecule has 0 saturated carbocycles. The van der Waals surface area contributed by atoms with Crippen molar-refractivity contribution in [3.8, 4) is 0 Å². The fraction of sp³-hybridized carbons (Fsp3) is 0.227. The molecule has 1 aliphatic rings. The van der Waals surface area contributed by atoms with Crippen LogP contribution in [0, 0.1) is 5.82 Å². The van der Waals surface area contributed by atoms with Gasteiger partial charge in [0.2, 0.25) is 5.91 Å². The second-order valence-electron chi connectivity index (χ2n) is 6.77. The molecule has 2 aromatic rings. The van der Waals surface area contributed by atoms with Gasteiger partial charge in [-0.3, -0.25) is 14.8 Å². The molecular weight excluding hydrogens is 409 g/mol. The number of nitrogens with zero attached hydrogens (tertiary/aromatic N) is 2. The smallest absolute Gasteiger partial charge is 0.267 e. The Kier molecular flexibility index (Phi) is 8.70. The van der Waals surface area contributed by atoms with Crippen LogP contribution in [0.3, 0.4) is 0 Å². The first-order chi connectivity index (χ1) is 14.1. The molecule has 1 unspecified atom stereocenters. The van der Waals surface area contributed by atoms with Crippen molar-refractivity contribution in [2.45, 2.75) is 18.8 Å². The van der Waals surface area contributed by atoms with Crippen LogP contribution in [0.1, 0.15) is 35.7 Å². The molecule has 30 heavy (non-hydrogen) atoms. The van der Waals surface area contributed by atoms with Crippen LogP contribution in [0.25, 0.3) is 12.2 Å². The maximum Gasteiger partial charge on any atom is 0.267 e. The fourth-order valence-corrected chi connectivity index (χ4v) is 3.35. The normalized spacial score (nSPS) is 16.5. The largest absolute Gasteiger partial charge is 0.339 e. The number of amides is 2. The molecule has 1 aromatic carbocycles. The third-order valence-corrected chi connectivity index (χ3v) is 4.78. The summed E-state index contributed by atoms with van der Waals surface area (Å²) in [5.74, 6) is -1.04. The molecule has 6 nitrogen and oxygen atoms in total. The summed E-state index contributed by atoms with van der Waals surface area (Å²) in [6, 6.07) is 11.9. The summed E-state index contributed by atoms with van der Waals surface area (Å²) in [5.41, 5.74) is 3.24. The average molecular weight is 432 g/mol. The van der Waals surface area contributed by atoms with E-state index in [1.165, 1.54) is 23.7 Å². The van der Waals surface area contributed by atoms with Gasteiger partial charge in [-0.2, -0.15) is 0 Å². The molecule has 0 radical (unpaired) electrons. The Morgan fingerprint density at radius 3 is 2.50 bits per heavy atom. The molecule has 1 aliphatic heterocycles. The zero-order valence-corrected chi connectivity index (χ0v) is 17.0. The van der Waals surface area contributed by atoms with Gasteiger partial charge in [-0.25, -0.2) is 14.9 Å². The standard InChI is InChI=1S/C22H22FN3O3.ClH/c23-20-9-2-1-8-19(20)16-5-4-14-26(15-16)22(28)13-11-18-7-3-6-17(24-18)10-12-21(27)25-29;/h1-3,6-13,16,29H,4-5,14-15H2,(H,25,27);1H/b12-10+,13-11+;. The van der Waals surface area contributed by atoms with Crippen molar-refractivity contribution >= 4 is 36.4 Å². The van der Waals surface area contributed by atoms with Crippen molar-refractivity contribution in [2.75, 3.05) is 13.1 Å². The van der Waals surface area contributed by atoms with Crippen LogP contribution < -0.4 is 5.48 Å². The minimum absolute atomic E-state index is 0. The van der Waals surface area contributed by atoms with Gasteiger partial charge < -0.3 is 4.90 Å². The summed E-state index contributed by atoms with van der Waals surface area (Å²) in [4.78, 5) is 29.7. The first-order valence-electron chi connectivity index (χ1n) is 9.37. The van der Waals surface area contributed by atoms with Crippen molar-refractivity contribution in [3.63, 3.8) is 0 Å². The predicted molar refractivity (Wildman–Crippen MR) is 114 cm³/mol. The summed E-state index contributed by atoms with van der Waals surface area (Å²) in [5, 5.41) is 8.50. The molecule has 8 heteroatoms. The molecule has 0 bridgehead atoms. The van der Waals surface area contributed by atoms with Crippen molar-refractivity contribution in [1.29, 1.82) is 0 Å². The summed E-state index contributed by atoms with van der Waals surface area (Å²) in [6.07, 6.45) is 7.35. The van der Waals surface area contributed by atoms with Crippen molar-refractivity contribution < 1.29 is 19.2 Å². The van der Waals surface area contributed by atoms with E-state index in [1.807, 2.05) is 6.07 Å². The Morgan fingerprint density at radius 2 is 1.80 bits per heavy atom. The van der Waals surface area contributed by atoms with Gasteiger partial charge in [-0.05, 0) is 48.8 Å². The second kappa shape index (κ2) is 11.2. The van der Waals surface area contributed by atoms with Crippen LogP contribution in [-0.2, 0) is 9.59 Å². The Balaban J connectivity index is 0.00000320. The lowest BCUT2D eigenvalue weighted by Gasteiger charge is -2.32. The number of hydrogen-bond donors (Lipinski definition) is 2. The summed E-state index contributed by atoms with van der Waals surface area (Å²) in [6.45, 7) is 1.12. The highest BCUT2D eigenvalue weighted by Gasteiger charge is 2.25. The minimum atomic E-state index is -0.655. The van der Waals surface area contributed by atoms with Gasteiger partial charge in [0.1, 0.15) is 5.82 Å². The van der Waals surface area contributed by atoms with E-state index in [0.717, 1.165) is 18.9 Å². The molecule has 1 fully saturated rings. The van der Waals surface area contributed by atoms with E-state index in [1.54, 1.807) is 41.3 Å². The molecule has 2 amide bonds. The lowest BCUT2D eigenvalue weighted by molar-refractivity contribution is -0.127. The highest BCUT2D eigenvalue weighted by Crippen LogP contribution is 2.28. The SMILES string of the molecule is Cl.O=C(/C=C/c1cccc(/C=C/C(=O)N2CCCC(c3ccccc3F)C2)n1)NO. The molecule has 1 atom stereocenters. The maximum absolute atomic E-state index is 14.1. The molecule has 158 valence electrons. The fourth-order valence-electron chi connectivity index (χ4n) is 3.35. The lowest BCUT2D eigenvalue weighted by atomic mass is 9.90. The number of rotatable bonds is 5. The number of aromatic nitrogens is 1. The van der Waals surface area contributed by atoms with E-state index in [4.69, 9.17) is 5.21 Å². The van der Waals surface area contributed by atoms with Crippen molar-refractivity contribution in [3.05, 3.63) is 77.4 Å². The van der Waals surface area contributed by atoms with Gasteiger partial charge in [-0.1, -0.05) is 24.3 Å². The van der Waals surface area contributed by atoms with Crippen LogP contribution in [-0.4, -0.2) is 40.0 Å². The highest BCUT2D eigenvalue weighted by atomic mass is 35.5. The maximum atomic E-state index is 14.1. The van der Waals surface area contributed by atoms with Crippen molar-refractivity contribution in [2.24, 2.45) is 0 Å². The first kappa shape index (κ1) is 23.3. The predicted octanol–water partition coefficient (Wildman–Crippen LogP) is 3.58. The third kappa shape index (κ3) is 6.23. The third-order valence-electron chi connectivity index (χ3n) is 4.78. The quantitative estimate of drug-likeness (QED) is 0.430. The van der Waals surface area contributed by atoms with Gasteiger partial charge in [0.25, 0.3) is 5.91 Å². The number of carbonyl (C=O) groups excluding carboxylic acids is 2. The number of likely N-dealkylation sites (tertiary alicyclic amines) is 1. The van der Waals surface area contributed by atoms with Crippen LogP contribution in [0.2, 0.25) is 0 Å². The molecule has 1 saturated heterocycles. The van der Waals surface area contributed by atoms with Crippen LogP contribution in [0.5, 0.6) is 0 Å². The molecule has 1 aromatic heterocycles. The van der Waals surface area contributed by atoms with Gasteiger partial charge in [-0.15, -0.1) is 12.4 Å². The molecular formula is C22H23ClFN3O3. The molecule has 0 aliphatic carbocycles. The topological polar surface area (TPSA) is 82.5 Å². The van der Waals surface area contributed by atoms with Gasteiger partial charge >= 0.3 is 0 Å². The Bertz CT molecular complexity index is 949. The first-order valence-corrected chi connectivity index (χ1v) is 9.37. The number of carbonyl (C=O) groups is 2. The number of halogens is 2. The summed E-state index contributed by atoms with van der Waals surface area (Å²) < 4.78 is 14.1. The number of hydroxylamine groups is 1. The lowest BCUT2D eigenvalue weighted by Crippen LogP contribution is -2.38. The van der Waals surface area contributed by atoms with E-state index in [9.17, 15) is 14.0 Å². The zero-order valence-electron chi connectivity index (χ0n) is 16.2. The van der Waals surface area contributed by atoms with Crippen LogP contribution >= 0.6 is 12.4 Å². The average Bonchev–Trinajstić information content (AvgIpc) is 2.76. The number of pyridine rings is 1. The Morgan fingerprint density at radius 1 is 1.10 bits per heavy atom. The Hall–Kier alpha value is -3.03. The van der Waals surface area contributed by atoms with E-state index in [0.29, 0.717) is 30.0 Å². The van der Waals surface area contributed by atoms with E-state index >= 15 is 0 Å². The Labute approximate surface area is 180 Å².